The Morgan fingerprint density at radius 2 is 2.05 bits per heavy atom. The summed E-state index contributed by atoms with van der Waals surface area (Å²) in [5.41, 5.74) is 0. The summed E-state index contributed by atoms with van der Waals surface area (Å²) < 4.78 is 5.53. The van der Waals surface area contributed by atoms with E-state index in [2.05, 4.69) is 15.5 Å². The van der Waals surface area contributed by atoms with Crippen LogP contribution in [0.4, 0.5) is 5.13 Å². The number of benzene rings is 1. The van der Waals surface area contributed by atoms with Crippen LogP contribution in [0.3, 0.4) is 0 Å². The van der Waals surface area contributed by atoms with E-state index in [-0.39, 0.29) is 5.91 Å². The lowest BCUT2D eigenvalue weighted by atomic mass is 10.2. The number of aromatic nitrogens is 2. The van der Waals surface area contributed by atoms with Crippen LogP contribution in [-0.2, 0) is 4.79 Å². The van der Waals surface area contributed by atoms with Crippen molar-refractivity contribution in [1.82, 2.24) is 10.2 Å². The number of hydrogen-bond acceptors (Lipinski definition) is 5. The van der Waals surface area contributed by atoms with E-state index in [0.717, 1.165) is 10.8 Å². The van der Waals surface area contributed by atoms with E-state index in [9.17, 15) is 4.79 Å². The van der Waals surface area contributed by atoms with E-state index >= 15 is 0 Å². The average Bonchev–Trinajstić information content (AvgIpc) is 2.94. The molecule has 0 saturated heterocycles. The second-order valence-electron chi connectivity index (χ2n) is 5.05. The second-order valence-corrected chi connectivity index (χ2v) is 6.50. The predicted molar refractivity (Wildman–Crippen MR) is 88.8 cm³/mol. The first kappa shape index (κ1) is 16.7. The van der Waals surface area contributed by atoms with Crippen molar-refractivity contribution >= 4 is 34.0 Å². The maximum absolute atomic E-state index is 11.8. The van der Waals surface area contributed by atoms with Crippen molar-refractivity contribution in [2.45, 2.75) is 32.6 Å². The quantitative estimate of drug-likeness (QED) is 0.771. The van der Waals surface area contributed by atoms with Crippen molar-refractivity contribution in [3.05, 3.63) is 34.3 Å². The second kappa shape index (κ2) is 8.10. The molecule has 0 radical (unpaired) electrons. The molecule has 2 rings (SSSR count). The Bertz CT molecular complexity index is 614. The number of nitrogens with one attached hydrogen (secondary N) is 1. The number of amides is 1. The van der Waals surface area contributed by atoms with Gasteiger partial charge in [-0.2, -0.15) is 0 Å². The zero-order valence-electron chi connectivity index (χ0n) is 12.5. The van der Waals surface area contributed by atoms with E-state index < -0.39 is 0 Å². The molecule has 1 N–H and O–H groups in total. The molecule has 0 saturated carbocycles. The minimum Gasteiger partial charge on any atom is -0.494 e. The van der Waals surface area contributed by atoms with E-state index in [1.165, 1.54) is 11.3 Å². The first-order valence-corrected chi connectivity index (χ1v) is 8.25. The molecule has 1 aromatic heterocycles. The van der Waals surface area contributed by atoms with Gasteiger partial charge in [0.25, 0.3) is 0 Å². The van der Waals surface area contributed by atoms with Gasteiger partial charge in [-0.25, -0.2) is 0 Å². The molecule has 0 fully saturated rings. The SMILES string of the molecule is CC(C)c1nnc(NC(=O)CCCOc2ccc(Cl)cc2)s1. The maximum Gasteiger partial charge on any atom is 0.226 e. The van der Waals surface area contributed by atoms with Gasteiger partial charge in [-0.05, 0) is 30.7 Å². The van der Waals surface area contributed by atoms with E-state index in [1.54, 1.807) is 24.3 Å². The van der Waals surface area contributed by atoms with E-state index in [0.29, 0.717) is 35.5 Å². The van der Waals surface area contributed by atoms with Crippen LogP contribution < -0.4 is 10.1 Å². The fraction of sp³-hybridized carbons (Fsp3) is 0.400. The highest BCUT2D eigenvalue weighted by Crippen LogP contribution is 2.22. The number of nitrogens with zero attached hydrogens (tertiary/aromatic N) is 2. The largest absolute Gasteiger partial charge is 0.494 e. The van der Waals surface area contributed by atoms with Crippen LogP contribution >= 0.6 is 22.9 Å². The van der Waals surface area contributed by atoms with Gasteiger partial charge >= 0.3 is 0 Å². The van der Waals surface area contributed by atoms with Crippen molar-refractivity contribution in [1.29, 1.82) is 0 Å². The summed E-state index contributed by atoms with van der Waals surface area (Å²) in [6.07, 6.45) is 1.01. The van der Waals surface area contributed by atoms with Gasteiger partial charge in [0.05, 0.1) is 6.61 Å². The summed E-state index contributed by atoms with van der Waals surface area (Å²) in [5, 5.41) is 12.9. The number of carbonyl (C=O) groups is 1. The molecule has 2 aromatic rings. The molecule has 0 aliphatic rings. The van der Waals surface area contributed by atoms with Crippen LogP contribution in [0.5, 0.6) is 5.75 Å². The van der Waals surface area contributed by atoms with Gasteiger partial charge in [-0.1, -0.05) is 36.8 Å². The molecular weight excluding hydrogens is 322 g/mol. The molecule has 22 heavy (non-hydrogen) atoms. The number of rotatable bonds is 7. The lowest BCUT2D eigenvalue weighted by Gasteiger charge is -2.05. The monoisotopic (exact) mass is 339 g/mol. The molecule has 118 valence electrons. The van der Waals surface area contributed by atoms with Crippen molar-refractivity contribution in [2.75, 3.05) is 11.9 Å². The molecule has 0 atom stereocenters. The molecule has 1 amide bonds. The van der Waals surface area contributed by atoms with Crippen molar-refractivity contribution in [3.8, 4) is 5.75 Å². The minimum atomic E-state index is -0.0776. The summed E-state index contributed by atoms with van der Waals surface area (Å²) in [7, 11) is 0. The highest BCUT2D eigenvalue weighted by atomic mass is 35.5. The molecule has 0 aliphatic heterocycles. The summed E-state index contributed by atoms with van der Waals surface area (Å²) >= 11 is 7.20. The number of carbonyl (C=O) groups excluding carboxylic acids is 1. The molecule has 1 heterocycles. The first-order chi connectivity index (χ1) is 10.5. The molecule has 1 aromatic carbocycles. The van der Waals surface area contributed by atoms with Gasteiger partial charge in [0.15, 0.2) is 0 Å². The van der Waals surface area contributed by atoms with Gasteiger partial charge in [0, 0.05) is 17.4 Å². The third-order valence-corrected chi connectivity index (χ3v) is 4.20. The third kappa shape index (κ3) is 5.27. The summed E-state index contributed by atoms with van der Waals surface area (Å²) in [5.74, 6) is 0.984. The lowest BCUT2D eigenvalue weighted by Crippen LogP contribution is -2.12. The van der Waals surface area contributed by atoms with Crippen molar-refractivity contribution < 1.29 is 9.53 Å². The fourth-order valence-corrected chi connectivity index (χ4v) is 2.54. The smallest absolute Gasteiger partial charge is 0.226 e. The Hall–Kier alpha value is -1.66. The minimum absolute atomic E-state index is 0.0776. The third-order valence-electron chi connectivity index (χ3n) is 2.81. The van der Waals surface area contributed by atoms with E-state index in [1.807, 2.05) is 13.8 Å². The van der Waals surface area contributed by atoms with Gasteiger partial charge in [0.2, 0.25) is 11.0 Å². The maximum atomic E-state index is 11.8. The van der Waals surface area contributed by atoms with Crippen LogP contribution in [0, 0.1) is 0 Å². The predicted octanol–water partition coefficient (Wildman–Crippen LogP) is 4.11. The van der Waals surface area contributed by atoms with Gasteiger partial charge < -0.3 is 10.1 Å². The fourth-order valence-electron chi connectivity index (χ4n) is 1.65. The Morgan fingerprint density at radius 3 is 2.68 bits per heavy atom. The highest BCUT2D eigenvalue weighted by Gasteiger charge is 2.10. The highest BCUT2D eigenvalue weighted by molar-refractivity contribution is 7.15. The number of ether oxygens (including phenoxy) is 1. The number of halogens is 1. The molecular formula is C15H18ClN3O2S. The zero-order valence-corrected chi connectivity index (χ0v) is 14.1. The van der Waals surface area contributed by atoms with Crippen molar-refractivity contribution in [2.24, 2.45) is 0 Å². The normalized spacial score (nSPS) is 10.7. The van der Waals surface area contributed by atoms with Gasteiger partial charge in [-0.3, -0.25) is 4.79 Å². The Kier molecular flexibility index (Phi) is 6.15. The standard InChI is InChI=1S/C15H18ClN3O2S/c1-10(2)14-18-19-15(22-14)17-13(20)4-3-9-21-12-7-5-11(16)6-8-12/h5-8,10H,3-4,9H2,1-2H3,(H,17,19,20). The van der Waals surface area contributed by atoms with Crippen LogP contribution in [0.15, 0.2) is 24.3 Å². The molecule has 0 unspecified atom stereocenters. The summed E-state index contributed by atoms with van der Waals surface area (Å²) in [4.78, 5) is 11.8. The van der Waals surface area contributed by atoms with Crippen LogP contribution in [-0.4, -0.2) is 22.7 Å². The van der Waals surface area contributed by atoms with Gasteiger partial charge in [0.1, 0.15) is 10.8 Å². The molecule has 0 spiro atoms. The van der Waals surface area contributed by atoms with Crippen LogP contribution in [0.1, 0.15) is 37.6 Å². The Morgan fingerprint density at radius 1 is 1.32 bits per heavy atom. The van der Waals surface area contributed by atoms with E-state index in [4.69, 9.17) is 16.3 Å². The topological polar surface area (TPSA) is 64.1 Å². The molecule has 0 aliphatic carbocycles. The van der Waals surface area contributed by atoms with Crippen LogP contribution in [0.25, 0.3) is 0 Å². The zero-order chi connectivity index (χ0) is 15.9. The molecule has 0 bridgehead atoms. The number of hydrogen-bond donors (Lipinski definition) is 1. The molecule has 7 heteroatoms. The Labute approximate surface area is 138 Å². The lowest BCUT2D eigenvalue weighted by molar-refractivity contribution is -0.116. The first-order valence-electron chi connectivity index (χ1n) is 7.06. The Balaban J connectivity index is 1.68. The summed E-state index contributed by atoms with van der Waals surface area (Å²) in [6, 6.07) is 7.14. The van der Waals surface area contributed by atoms with Crippen molar-refractivity contribution in [3.63, 3.8) is 0 Å². The molecule has 5 nitrogen and oxygen atoms in total. The summed E-state index contributed by atoms with van der Waals surface area (Å²) in [6.45, 7) is 4.56. The number of anilines is 1. The van der Waals surface area contributed by atoms with Gasteiger partial charge in [-0.15, -0.1) is 10.2 Å². The average molecular weight is 340 g/mol. The van der Waals surface area contributed by atoms with Crippen LogP contribution in [0.2, 0.25) is 5.02 Å².